The minimum absolute atomic E-state index is 0.0101. The van der Waals surface area contributed by atoms with Crippen molar-refractivity contribution in [1.82, 2.24) is 9.88 Å². The molecular formula is C31H37N3O6. The number of rotatable bonds is 11. The molecule has 1 aromatic heterocycles. The number of esters is 1. The van der Waals surface area contributed by atoms with Crippen LogP contribution in [0.5, 0.6) is 0 Å². The number of pyridine rings is 1. The molecule has 4 unspecified atom stereocenters. The largest absolute Gasteiger partial charge is 0.453 e. The molecule has 0 spiro atoms. The van der Waals surface area contributed by atoms with Crippen LogP contribution in [0, 0.1) is 0 Å². The van der Waals surface area contributed by atoms with E-state index in [4.69, 9.17) is 14.2 Å². The van der Waals surface area contributed by atoms with Gasteiger partial charge in [-0.2, -0.15) is 0 Å². The van der Waals surface area contributed by atoms with E-state index in [1.54, 1.807) is 12.1 Å². The van der Waals surface area contributed by atoms with Crippen LogP contribution in [0.4, 0.5) is 5.69 Å². The van der Waals surface area contributed by atoms with E-state index in [1.807, 2.05) is 60.8 Å². The molecule has 9 nitrogen and oxygen atoms in total. The van der Waals surface area contributed by atoms with Crippen LogP contribution in [0.1, 0.15) is 55.0 Å². The summed E-state index contributed by atoms with van der Waals surface area (Å²) in [6.07, 6.45) is 1.57. The summed E-state index contributed by atoms with van der Waals surface area (Å²) >= 11 is 0. The first-order chi connectivity index (χ1) is 19.3. The smallest absolute Gasteiger partial charge is 0.303 e. The average Bonchev–Trinajstić information content (AvgIpc) is 2.96. The second-order valence-electron chi connectivity index (χ2n) is 10.0. The number of amides is 1. The molecule has 1 aliphatic rings. The molecule has 3 aromatic rings. The fourth-order valence-corrected chi connectivity index (χ4v) is 4.59. The van der Waals surface area contributed by atoms with Gasteiger partial charge in [-0.1, -0.05) is 42.5 Å². The van der Waals surface area contributed by atoms with Crippen molar-refractivity contribution >= 4 is 17.6 Å². The van der Waals surface area contributed by atoms with Gasteiger partial charge in [0.1, 0.15) is 0 Å². The highest BCUT2D eigenvalue weighted by Gasteiger charge is 2.32. The lowest BCUT2D eigenvalue weighted by Gasteiger charge is -2.38. The number of ether oxygens (including phenoxy) is 3. The highest BCUT2D eigenvalue weighted by atomic mass is 16.7. The quantitative estimate of drug-likeness (QED) is 0.344. The van der Waals surface area contributed by atoms with Gasteiger partial charge in [-0.15, -0.1) is 0 Å². The van der Waals surface area contributed by atoms with E-state index in [-0.39, 0.29) is 18.8 Å². The van der Waals surface area contributed by atoms with Crippen LogP contribution in [-0.2, 0) is 36.8 Å². The van der Waals surface area contributed by atoms with Gasteiger partial charge in [-0.3, -0.25) is 14.6 Å². The van der Waals surface area contributed by atoms with Crippen LogP contribution >= 0.6 is 0 Å². The molecule has 1 fully saturated rings. The third-order valence-corrected chi connectivity index (χ3v) is 6.77. The van der Waals surface area contributed by atoms with E-state index < -0.39 is 24.3 Å². The van der Waals surface area contributed by atoms with Gasteiger partial charge in [0.25, 0.3) is 5.91 Å². The first kappa shape index (κ1) is 29.4. The topological polar surface area (TPSA) is 110 Å². The zero-order chi connectivity index (χ0) is 28.5. The van der Waals surface area contributed by atoms with E-state index in [2.05, 4.69) is 22.2 Å². The Morgan fingerprint density at radius 1 is 1.07 bits per heavy atom. The van der Waals surface area contributed by atoms with E-state index in [0.29, 0.717) is 12.1 Å². The molecule has 1 aliphatic heterocycles. The fraction of sp³-hybridized carbons (Fsp3) is 0.387. The standard InChI is InChI=1S/C31H37N3O6/c1-21(38-22(2)36)30(37)33-27-13-11-25(12-14-27)31-39-28(19-34(3)17-15-26-6-4-5-16-32-26)18-29(40-31)24-9-7-23(20-35)8-10-24/h4-14,16,21,28-29,31,35H,15,17-20H2,1-3H3,(H,33,37). The van der Waals surface area contributed by atoms with Crippen molar-refractivity contribution < 1.29 is 28.9 Å². The molecular weight excluding hydrogens is 510 g/mol. The van der Waals surface area contributed by atoms with Gasteiger partial charge in [0.2, 0.25) is 0 Å². The van der Waals surface area contributed by atoms with Gasteiger partial charge in [0.05, 0.1) is 18.8 Å². The number of aliphatic hydroxyl groups excluding tert-OH is 1. The van der Waals surface area contributed by atoms with Gasteiger partial charge < -0.3 is 29.5 Å². The van der Waals surface area contributed by atoms with E-state index in [9.17, 15) is 14.7 Å². The second kappa shape index (κ2) is 14.1. The summed E-state index contributed by atoms with van der Waals surface area (Å²) in [6, 6.07) is 21.0. The van der Waals surface area contributed by atoms with Crippen LogP contribution in [0.3, 0.4) is 0 Å². The number of benzene rings is 2. The lowest BCUT2D eigenvalue weighted by Crippen LogP contribution is -2.38. The predicted octanol–water partition coefficient (Wildman–Crippen LogP) is 4.18. The van der Waals surface area contributed by atoms with Gasteiger partial charge in [0, 0.05) is 56.0 Å². The first-order valence-corrected chi connectivity index (χ1v) is 13.5. The Hall–Kier alpha value is -3.63. The minimum atomic E-state index is -0.893. The van der Waals surface area contributed by atoms with Gasteiger partial charge >= 0.3 is 5.97 Å². The van der Waals surface area contributed by atoms with E-state index >= 15 is 0 Å². The third-order valence-electron chi connectivity index (χ3n) is 6.77. The first-order valence-electron chi connectivity index (χ1n) is 13.5. The molecule has 2 N–H and O–H groups in total. The summed E-state index contributed by atoms with van der Waals surface area (Å²) in [4.78, 5) is 30.1. The Morgan fingerprint density at radius 3 is 2.45 bits per heavy atom. The summed E-state index contributed by atoms with van der Waals surface area (Å²) in [7, 11) is 2.08. The molecule has 9 heteroatoms. The summed E-state index contributed by atoms with van der Waals surface area (Å²) in [6.45, 7) is 4.35. The van der Waals surface area contributed by atoms with Crippen molar-refractivity contribution in [2.75, 3.05) is 25.5 Å². The number of likely N-dealkylation sites (N-methyl/N-ethyl adjacent to an activating group) is 1. The van der Waals surface area contributed by atoms with Crippen molar-refractivity contribution in [2.45, 2.75) is 57.9 Å². The summed E-state index contributed by atoms with van der Waals surface area (Å²) in [5.41, 5.74) is 4.32. The van der Waals surface area contributed by atoms with Crippen molar-refractivity contribution in [1.29, 1.82) is 0 Å². The van der Waals surface area contributed by atoms with Gasteiger partial charge in [-0.05, 0) is 49.4 Å². The maximum absolute atomic E-state index is 12.3. The normalized spacial score (nSPS) is 19.7. The number of carbonyl (C=O) groups is 2. The molecule has 212 valence electrons. The Kier molecular flexibility index (Phi) is 10.4. The number of nitrogens with one attached hydrogen (secondary N) is 1. The molecule has 4 atom stereocenters. The number of hydrogen-bond donors (Lipinski definition) is 2. The van der Waals surface area contributed by atoms with Crippen LogP contribution in [0.2, 0.25) is 0 Å². The summed E-state index contributed by atoms with van der Waals surface area (Å²) < 4.78 is 17.8. The SMILES string of the molecule is CC(=O)OC(C)C(=O)Nc1ccc(C2OC(CN(C)CCc3ccccn3)CC(c3ccc(CO)cc3)O2)cc1. The third kappa shape index (κ3) is 8.43. The minimum Gasteiger partial charge on any atom is -0.453 e. The van der Waals surface area contributed by atoms with Crippen LogP contribution in [0.15, 0.2) is 72.9 Å². The predicted molar refractivity (Wildman–Crippen MR) is 150 cm³/mol. The lowest BCUT2D eigenvalue weighted by molar-refractivity contribution is -0.252. The molecule has 0 bridgehead atoms. The Bertz CT molecular complexity index is 1240. The van der Waals surface area contributed by atoms with Gasteiger partial charge in [0.15, 0.2) is 12.4 Å². The Balaban J connectivity index is 1.44. The highest BCUT2D eigenvalue weighted by Crippen LogP contribution is 2.38. The Labute approximate surface area is 235 Å². The molecule has 1 saturated heterocycles. The number of anilines is 1. The van der Waals surface area contributed by atoms with Crippen LogP contribution in [-0.4, -0.2) is 59.2 Å². The van der Waals surface area contributed by atoms with Crippen LogP contribution < -0.4 is 5.32 Å². The lowest BCUT2D eigenvalue weighted by atomic mass is 9.99. The number of nitrogens with zero attached hydrogens (tertiary/aromatic N) is 2. The van der Waals surface area contributed by atoms with Crippen molar-refractivity contribution in [2.24, 2.45) is 0 Å². The van der Waals surface area contributed by atoms with Crippen molar-refractivity contribution in [3.05, 3.63) is 95.3 Å². The Morgan fingerprint density at radius 2 is 1.80 bits per heavy atom. The summed E-state index contributed by atoms with van der Waals surface area (Å²) in [5, 5.41) is 12.2. The number of hydrogen-bond acceptors (Lipinski definition) is 8. The van der Waals surface area contributed by atoms with E-state index in [1.165, 1.54) is 13.8 Å². The fourth-order valence-electron chi connectivity index (χ4n) is 4.59. The van der Waals surface area contributed by atoms with Gasteiger partial charge in [-0.25, -0.2) is 0 Å². The number of carbonyl (C=O) groups excluding carboxylic acids is 2. The molecule has 0 radical (unpaired) electrons. The van der Waals surface area contributed by atoms with Crippen molar-refractivity contribution in [3.63, 3.8) is 0 Å². The molecule has 0 saturated carbocycles. The zero-order valence-electron chi connectivity index (χ0n) is 23.2. The molecule has 0 aliphatic carbocycles. The second-order valence-corrected chi connectivity index (χ2v) is 10.0. The maximum Gasteiger partial charge on any atom is 0.303 e. The summed E-state index contributed by atoms with van der Waals surface area (Å²) in [5.74, 6) is -0.921. The van der Waals surface area contributed by atoms with Crippen molar-refractivity contribution in [3.8, 4) is 0 Å². The maximum atomic E-state index is 12.3. The molecule has 2 heterocycles. The van der Waals surface area contributed by atoms with E-state index in [0.717, 1.165) is 41.9 Å². The zero-order valence-corrected chi connectivity index (χ0v) is 23.2. The monoisotopic (exact) mass is 547 g/mol. The highest BCUT2D eigenvalue weighted by molar-refractivity contribution is 5.94. The molecule has 40 heavy (non-hydrogen) atoms. The number of aromatic nitrogens is 1. The van der Waals surface area contributed by atoms with Crippen LogP contribution in [0.25, 0.3) is 0 Å². The average molecular weight is 548 g/mol. The molecule has 1 amide bonds. The molecule has 2 aromatic carbocycles. The number of aliphatic hydroxyl groups is 1. The molecule has 4 rings (SSSR count).